The van der Waals surface area contributed by atoms with Crippen LogP contribution in [-0.2, 0) is 6.42 Å². The van der Waals surface area contributed by atoms with E-state index in [9.17, 15) is 4.79 Å². The molecule has 5 nitrogen and oxygen atoms in total. The van der Waals surface area contributed by atoms with Crippen molar-refractivity contribution in [2.45, 2.75) is 25.3 Å². The van der Waals surface area contributed by atoms with Crippen LogP contribution in [0.1, 0.15) is 30.0 Å². The van der Waals surface area contributed by atoms with Gasteiger partial charge in [0.1, 0.15) is 0 Å². The number of hydrogen-bond donors (Lipinski definition) is 2. The van der Waals surface area contributed by atoms with Crippen LogP contribution in [-0.4, -0.2) is 20.3 Å². The third-order valence-corrected chi connectivity index (χ3v) is 4.32. The summed E-state index contributed by atoms with van der Waals surface area (Å²) in [4.78, 5) is 12.4. The zero-order valence-electron chi connectivity index (χ0n) is 14.0. The van der Waals surface area contributed by atoms with Crippen LogP contribution in [0.4, 0.5) is 10.5 Å². The van der Waals surface area contributed by atoms with E-state index >= 15 is 0 Å². The van der Waals surface area contributed by atoms with E-state index in [2.05, 4.69) is 22.8 Å². The van der Waals surface area contributed by atoms with Gasteiger partial charge in [-0.1, -0.05) is 24.3 Å². The van der Waals surface area contributed by atoms with Gasteiger partial charge in [-0.15, -0.1) is 0 Å². The average Bonchev–Trinajstić information content (AvgIpc) is 2.62. The monoisotopic (exact) mass is 326 g/mol. The van der Waals surface area contributed by atoms with Crippen LogP contribution in [0.25, 0.3) is 0 Å². The highest BCUT2D eigenvalue weighted by Crippen LogP contribution is 2.31. The number of hydrogen-bond acceptors (Lipinski definition) is 3. The first-order valence-electron chi connectivity index (χ1n) is 8.08. The molecule has 2 aromatic rings. The van der Waals surface area contributed by atoms with Crippen molar-refractivity contribution in [3.63, 3.8) is 0 Å². The fourth-order valence-electron chi connectivity index (χ4n) is 3.14. The van der Waals surface area contributed by atoms with Crippen LogP contribution in [0.15, 0.2) is 42.5 Å². The van der Waals surface area contributed by atoms with Gasteiger partial charge in [-0.2, -0.15) is 0 Å². The summed E-state index contributed by atoms with van der Waals surface area (Å²) in [5, 5.41) is 5.93. The van der Waals surface area contributed by atoms with Crippen LogP contribution in [0, 0.1) is 0 Å². The molecular weight excluding hydrogens is 304 g/mol. The van der Waals surface area contributed by atoms with Crippen LogP contribution < -0.4 is 20.1 Å². The lowest BCUT2D eigenvalue weighted by Crippen LogP contribution is -2.34. The molecule has 2 aromatic carbocycles. The standard InChI is InChI=1S/C19H22N2O3/c1-23-17-11-10-14(12-18(17)24-2)20-19(22)21-16-9-5-7-13-6-3-4-8-15(13)16/h3-4,6,8,10-12,16H,5,7,9H2,1-2H3,(H2,20,21,22)/t16-/m0/s1. The van der Waals surface area contributed by atoms with Gasteiger partial charge in [0.15, 0.2) is 11.5 Å². The first-order chi connectivity index (χ1) is 11.7. The zero-order valence-corrected chi connectivity index (χ0v) is 14.0. The zero-order chi connectivity index (χ0) is 16.9. The van der Waals surface area contributed by atoms with Crippen molar-refractivity contribution in [1.82, 2.24) is 5.32 Å². The smallest absolute Gasteiger partial charge is 0.319 e. The highest BCUT2D eigenvalue weighted by molar-refractivity contribution is 5.90. The van der Waals surface area contributed by atoms with E-state index < -0.39 is 0 Å². The Labute approximate surface area is 142 Å². The van der Waals surface area contributed by atoms with Gasteiger partial charge in [-0.25, -0.2) is 4.79 Å². The van der Waals surface area contributed by atoms with Crippen LogP contribution in [0.3, 0.4) is 0 Å². The average molecular weight is 326 g/mol. The molecule has 1 atom stereocenters. The summed E-state index contributed by atoms with van der Waals surface area (Å²) in [6.07, 6.45) is 3.11. The molecule has 0 saturated carbocycles. The predicted molar refractivity (Wildman–Crippen MR) is 93.8 cm³/mol. The second kappa shape index (κ2) is 7.25. The van der Waals surface area contributed by atoms with E-state index in [0.717, 1.165) is 19.3 Å². The maximum atomic E-state index is 12.4. The quantitative estimate of drug-likeness (QED) is 0.896. The SMILES string of the molecule is COc1ccc(NC(=O)N[C@H]2CCCc3ccccc32)cc1OC. The van der Waals surface area contributed by atoms with Crippen molar-refractivity contribution in [2.75, 3.05) is 19.5 Å². The molecule has 2 amide bonds. The number of nitrogens with one attached hydrogen (secondary N) is 2. The Morgan fingerprint density at radius 1 is 1.08 bits per heavy atom. The van der Waals surface area contributed by atoms with Crippen molar-refractivity contribution in [3.8, 4) is 11.5 Å². The summed E-state index contributed by atoms with van der Waals surface area (Å²) in [6, 6.07) is 13.4. The highest BCUT2D eigenvalue weighted by Gasteiger charge is 2.21. The van der Waals surface area contributed by atoms with E-state index in [1.807, 2.05) is 12.1 Å². The minimum absolute atomic E-state index is 0.0510. The summed E-state index contributed by atoms with van der Waals surface area (Å²) in [5.74, 6) is 1.21. The Morgan fingerprint density at radius 2 is 1.88 bits per heavy atom. The van der Waals surface area contributed by atoms with Crippen LogP contribution >= 0.6 is 0 Å². The lowest BCUT2D eigenvalue weighted by molar-refractivity contribution is 0.247. The topological polar surface area (TPSA) is 59.6 Å². The number of methoxy groups -OCH3 is 2. The molecule has 1 aliphatic rings. The molecule has 0 aromatic heterocycles. The number of carbonyl (C=O) groups is 1. The fraction of sp³-hybridized carbons (Fsp3) is 0.316. The second-order valence-electron chi connectivity index (χ2n) is 5.81. The lowest BCUT2D eigenvalue weighted by Gasteiger charge is -2.26. The minimum Gasteiger partial charge on any atom is -0.493 e. The molecule has 3 rings (SSSR count). The van der Waals surface area contributed by atoms with Crippen LogP contribution in [0.5, 0.6) is 11.5 Å². The van der Waals surface area contributed by atoms with Crippen molar-refractivity contribution in [3.05, 3.63) is 53.6 Å². The predicted octanol–water partition coefficient (Wildman–Crippen LogP) is 3.90. The molecule has 24 heavy (non-hydrogen) atoms. The van der Waals surface area contributed by atoms with Gasteiger partial charge in [0.25, 0.3) is 0 Å². The maximum Gasteiger partial charge on any atom is 0.319 e. The molecule has 0 radical (unpaired) electrons. The molecule has 0 bridgehead atoms. The molecular formula is C19H22N2O3. The Bertz CT molecular complexity index is 730. The summed E-state index contributed by atoms with van der Waals surface area (Å²) in [6.45, 7) is 0. The molecule has 0 fully saturated rings. The number of aryl methyl sites for hydroxylation is 1. The maximum absolute atomic E-state index is 12.4. The third kappa shape index (κ3) is 3.45. The largest absolute Gasteiger partial charge is 0.493 e. The van der Waals surface area contributed by atoms with E-state index in [1.54, 1.807) is 32.4 Å². The van der Waals surface area contributed by atoms with Gasteiger partial charge in [-0.05, 0) is 42.5 Å². The Morgan fingerprint density at radius 3 is 2.67 bits per heavy atom. The first kappa shape index (κ1) is 16.2. The molecule has 0 unspecified atom stereocenters. The number of rotatable bonds is 4. The molecule has 0 heterocycles. The number of fused-ring (bicyclic) bond motifs is 1. The Balaban J connectivity index is 1.69. The normalized spacial score (nSPS) is 16.0. The minimum atomic E-state index is -0.219. The molecule has 0 aliphatic heterocycles. The summed E-state index contributed by atoms with van der Waals surface area (Å²) in [7, 11) is 3.15. The van der Waals surface area contributed by atoms with Gasteiger partial charge < -0.3 is 20.1 Å². The molecule has 0 spiro atoms. The third-order valence-electron chi connectivity index (χ3n) is 4.32. The fourth-order valence-corrected chi connectivity index (χ4v) is 3.14. The summed E-state index contributed by atoms with van der Waals surface area (Å²) >= 11 is 0. The van der Waals surface area contributed by atoms with Gasteiger partial charge >= 0.3 is 6.03 Å². The number of ether oxygens (including phenoxy) is 2. The van der Waals surface area contributed by atoms with Crippen molar-refractivity contribution >= 4 is 11.7 Å². The summed E-state index contributed by atoms with van der Waals surface area (Å²) in [5.41, 5.74) is 3.20. The number of amides is 2. The van der Waals surface area contributed by atoms with Gasteiger partial charge in [-0.3, -0.25) is 0 Å². The molecule has 126 valence electrons. The van der Waals surface area contributed by atoms with Crippen LogP contribution in [0.2, 0.25) is 0 Å². The van der Waals surface area contributed by atoms with Gasteiger partial charge in [0, 0.05) is 11.8 Å². The summed E-state index contributed by atoms with van der Waals surface area (Å²) < 4.78 is 10.5. The second-order valence-corrected chi connectivity index (χ2v) is 5.81. The van der Waals surface area contributed by atoms with Crippen molar-refractivity contribution < 1.29 is 14.3 Å². The van der Waals surface area contributed by atoms with E-state index in [0.29, 0.717) is 17.2 Å². The number of urea groups is 1. The van der Waals surface area contributed by atoms with E-state index in [4.69, 9.17) is 9.47 Å². The number of carbonyl (C=O) groups excluding carboxylic acids is 1. The highest BCUT2D eigenvalue weighted by atomic mass is 16.5. The van der Waals surface area contributed by atoms with E-state index in [1.165, 1.54) is 11.1 Å². The van der Waals surface area contributed by atoms with Gasteiger partial charge in [0.05, 0.1) is 20.3 Å². The Hall–Kier alpha value is -2.69. The molecule has 5 heteroatoms. The lowest BCUT2D eigenvalue weighted by atomic mass is 9.88. The van der Waals surface area contributed by atoms with Crippen molar-refractivity contribution in [2.24, 2.45) is 0 Å². The number of benzene rings is 2. The molecule has 0 saturated heterocycles. The van der Waals surface area contributed by atoms with Crippen molar-refractivity contribution in [1.29, 1.82) is 0 Å². The Kier molecular flexibility index (Phi) is 4.89. The molecule has 2 N–H and O–H groups in total. The van der Waals surface area contributed by atoms with E-state index in [-0.39, 0.29) is 12.1 Å². The van der Waals surface area contributed by atoms with Gasteiger partial charge in [0.2, 0.25) is 0 Å². The number of anilines is 1. The first-order valence-corrected chi connectivity index (χ1v) is 8.08. The molecule has 1 aliphatic carbocycles.